The minimum absolute atomic E-state index is 0.0804. The average molecular weight is 452 g/mol. The molecule has 3 aromatic rings. The summed E-state index contributed by atoms with van der Waals surface area (Å²) in [4.78, 5) is 24.5. The van der Waals surface area contributed by atoms with Gasteiger partial charge in [-0.25, -0.2) is 0 Å². The standard InChI is InChI=1S/C23H22BrN3O2/c1-16(17-6-3-2-4-7-17)26-23(29)18-10-12-20(13-11-18)25-15-22(28)27-21-9-5-8-19(24)14-21/h2-14,16,25H,15H2,1H3,(H,26,29)(H,27,28). The maximum atomic E-state index is 12.4. The second kappa shape index (κ2) is 9.89. The van der Waals surface area contributed by atoms with E-state index >= 15 is 0 Å². The average Bonchev–Trinajstić information content (AvgIpc) is 2.73. The highest BCUT2D eigenvalue weighted by Crippen LogP contribution is 2.16. The molecule has 2 amide bonds. The summed E-state index contributed by atoms with van der Waals surface area (Å²) >= 11 is 3.37. The van der Waals surface area contributed by atoms with E-state index in [2.05, 4.69) is 31.9 Å². The van der Waals surface area contributed by atoms with Crippen LogP contribution in [0.25, 0.3) is 0 Å². The van der Waals surface area contributed by atoms with Crippen LogP contribution in [0.4, 0.5) is 11.4 Å². The van der Waals surface area contributed by atoms with Crippen molar-refractivity contribution in [1.82, 2.24) is 5.32 Å². The van der Waals surface area contributed by atoms with Crippen molar-refractivity contribution >= 4 is 39.1 Å². The van der Waals surface area contributed by atoms with Crippen LogP contribution in [0.1, 0.15) is 28.9 Å². The maximum absolute atomic E-state index is 12.4. The van der Waals surface area contributed by atoms with Crippen LogP contribution in [0, 0.1) is 0 Å². The lowest BCUT2D eigenvalue weighted by Crippen LogP contribution is -2.26. The van der Waals surface area contributed by atoms with E-state index in [0.29, 0.717) is 5.56 Å². The Morgan fingerprint density at radius 3 is 2.31 bits per heavy atom. The molecule has 148 valence electrons. The molecule has 0 fully saturated rings. The van der Waals surface area contributed by atoms with E-state index in [1.54, 1.807) is 24.3 Å². The van der Waals surface area contributed by atoms with Gasteiger partial charge in [-0.05, 0) is 55.0 Å². The van der Waals surface area contributed by atoms with Gasteiger partial charge in [-0.2, -0.15) is 0 Å². The Hall–Kier alpha value is -3.12. The second-order valence-corrected chi connectivity index (χ2v) is 7.51. The van der Waals surface area contributed by atoms with Gasteiger partial charge in [0.1, 0.15) is 0 Å². The highest BCUT2D eigenvalue weighted by atomic mass is 79.9. The van der Waals surface area contributed by atoms with Crippen LogP contribution in [0.15, 0.2) is 83.3 Å². The Balaban J connectivity index is 1.50. The number of carbonyl (C=O) groups is 2. The van der Waals surface area contributed by atoms with E-state index in [9.17, 15) is 9.59 Å². The van der Waals surface area contributed by atoms with Crippen molar-refractivity contribution in [2.45, 2.75) is 13.0 Å². The number of amides is 2. The Labute approximate surface area is 178 Å². The number of benzene rings is 3. The first-order chi connectivity index (χ1) is 14.0. The first-order valence-corrected chi connectivity index (χ1v) is 10.1. The molecule has 3 aromatic carbocycles. The fourth-order valence-corrected chi connectivity index (χ4v) is 3.20. The highest BCUT2D eigenvalue weighted by molar-refractivity contribution is 9.10. The lowest BCUT2D eigenvalue weighted by atomic mass is 10.1. The smallest absolute Gasteiger partial charge is 0.251 e. The lowest BCUT2D eigenvalue weighted by Gasteiger charge is -2.14. The monoisotopic (exact) mass is 451 g/mol. The zero-order valence-electron chi connectivity index (χ0n) is 16.0. The SMILES string of the molecule is CC(NC(=O)c1ccc(NCC(=O)Nc2cccc(Br)c2)cc1)c1ccccc1. The third-order valence-electron chi connectivity index (χ3n) is 4.36. The quantitative estimate of drug-likeness (QED) is 0.473. The van der Waals surface area contributed by atoms with Crippen LogP contribution >= 0.6 is 15.9 Å². The number of halogens is 1. The van der Waals surface area contributed by atoms with Crippen molar-refractivity contribution in [1.29, 1.82) is 0 Å². The summed E-state index contributed by atoms with van der Waals surface area (Å²) in [6.07, 6.45) is 0. The molecule has 0 aliphatic carbocycles. The first kappa shape index (κ1) is 20.6. The summed E-state index contributed by atoms with van der Waals surface area (Å²) < 4.78 is 0.902. The summed E-state index contributed by atoms with van der Waals surface area (Å²) in [7, 11) is 0. The van der Waals surface area contributed by atoms with Crippen molar-refractivity contribution in [3.63, 3.8) is 0 Å². The predicted molar refractivity (Wildman–Crippen MR) is 120 cm³/mol. The van der Waals surface area contributed by atoms with Crippen molar-refractivity contribution in [2.75, 3.05) is 17.2 Å². The van der Waals surface area contributed by atoms with E-state index in [0.717, 1.165) is 21.4 Å². The van der Waals surface area contributed by atoms with Gasteiger partial charge in [-0.3, -0.25) is 9.59 Å². The molecule has 6 heteroatoms. The Morgan fingerprint density at radius 1 is 0.897 bits per heavy atom. The maximum Gasteiger partial charge on any atom is 0.251 e. The Kier molecular flexibility index (Phi) is 7.03. The van der Waals surface area contributed by atoms with Gasteiger partial charge in [-0.15, -0.1) is 0 Å². The molecule has 0 spiro atoms. The summed E-state index contributed by atoms with van der Waals surface area (Å²) in [6.45, 7) is 2.08. The molecule has 0 aliphatic rings. The fourth-order valence-electron chi connectivity index (χ4n) is 2.80. The zero-order valence-corrected chi connectivity index (χ0v) is 17.6. The number of anilines is 2. The van der Waals surface area contributed by atoms with E-state index < -0.39 is 0 Å². The van der Waals surface area contributed by atoms with E-state index in [4.69, 9.17) is 0 Å². The van der Waals surface area contributed by atoms with Crippen molar-refractivity contribution in [3.05, 3.63) is 94.5 Å². The van der Waals surface area contributed by atoms with Crippen LogP contribution in [-0.2, 0) is 4.79 Å². The lowest BCUT2D eigenvalue weighted by molar-refractivity contribution is -0.114. The molecule has 3 N–H and O–H groups in total. The number of carbonyl (C=O) groups excluding carboxylic acids is 2. The van der Waals surface area contributed by atoms with Gasteiger partial charge < -0.3 is 16.0 Å². The van der Waals surface area contributed by atoms with Crippen LogP contribution in [-0.4, -0.2) is 18.4 Å². The fraction of sp³-hybridized carbons (Fsp3) is 0.130. The van der Waals surface area contributed by atoms with Gasteiger partial charge in [0.2, 0.25) is 5.91 Å². The topological polar surface area (TPSA) is 70.2 Å². The third kappa shape index (κ3) is 6.19. The number of hydrogen-bond acceptors (Lipinski definition) is 3. The van der Waals surface area contributed by atoms with E-state index in [1.165, 1.54) is 0 Å². The van der Waals surface area contributed by atoms with Gasteiger partial charge in [0, 0.05) is 21.4 Å². The molecule has 1 unspecified atom stereocenters. The third-order valence-corrected chi connectivity index (χ3v) is 4.85. The van der Waals surface area contributed by atoms with Gasteiger partial charge in [-0.1, -0.05) is 52.3 Å². The van der Waals surface area contributed by atoms with Gasteiger partial charge in [0.15, 0.2) is 0 Å². The Bertz CT molecular complexity index is 975. The van der Waals surface area contributed by atoms with Crippen LogP contribution in [0.5, 0.6) is 0 Å². The Morgan fingerprint density at radius 2 is 1.62 bits per heavy atom. The van der Waals surface area contributed by atoms with Gasteiger partial charge in [0.25, 0.3) is 5.91 Å². The molecule has 0 saturated heterocycles. The number of hydrogen-bond donors (Lipinski definition) is 3. The van der Waals surface area contributed by atoms with Crippen LogP contribution in [0.2, 0.25) is 0 Å². The predicted octanol–water partition coefficient (Wildman–Crippen LogP) is 4.99. The molecule has 0 radical (unpaired) electrons. The van der Waals surface area contributed by atoms with Crippen LogP contribution < -0.4 is 16.0 Å². The van der Waals surface area contributed by atoms with Gasteiger partial charge >= 0.3 is 0 Å². The molecule has 0 saturated carbocycles. The summed E-state index contributed by atoms with van der Waals surface area (Å²) in [6, 6.07) is 24.2. The summed E-state index contributed by atoms with van der Waals surface area (Å²) in [5.41, 5.74) is 3.11. The molecular formula is C23H22BrN3O2. The first-order valence-electron chi connectivity index (χ1n) is 9.26. The summed E-state index contributed by atoms with van der Waals surface area (Å²) in [5.74, 6) is -0.290. The van der Waals surface area contributed by atoms with Crippen molar-refractivity contribution < 1.29 is 9.59 Å². The molecule has 0 heterocycles. The molecule has 0 aromatic heterocycles. The largest absolute Gasteiger partial charge is 0.376 e. The molecule has 3 rings (SSSR count). The van der Waals surface area contributed by atoms with Crippen LogP contribution in [0.3, 0.4) is 0 Å². The summed E-state index contributed by atoms with van der Waals surface area (Å²) in [5, 5.41) is 8.87. The van der Waals surface area contributed by atoms with Gasteiger partial charge in [0.05, 0.1) is 12.6 Å². The minimum Gasteiger partial charge on any atom is -0.376 e. The van der Waals surface area contributed by atoms with E-state index in [-0.39, 0.29) is 24.4 Å². The number of rotatable bonds is 7. The minimum atomic E-state index is -0.151. The number of nitrogens with one attached hydrogen (secondary N) is 3. The van der Waals surface area contributed by atoms with Crippen molar-refractivity contribution in [3.8, 4) is 0 Å². The van der Waals surface area contributed by atoms with E-state index in [1.807, 2.05) is 61.5 Å². The molecular weight excluding hydrogens is 430 g/mol. The van der Waals surface area contributed by atoms with Crippen molar-refractivity contribution in [2.24, 2.45) is 0 Å². The molecule has 0 aliphatic heterocycles. The normalized spacial score (nSPS) is 11.4. The molecule has 5 nitrogen and oxygen atoms in total. The molecule has 29 heavy (non-hydrogen) atoms. The molecule has 0 bridgehead atoms. The molecule has 1 atom stereocenters. The zero-order chi connectivity index (χ0) is 20.6. The second-order valence-electron chi connectivity index (χ2n) is 6.60. The highest BCUT2D eigenvalue weighted by Gasteiger charge is 2.11.